The van der Waals surface area contributed by atoms with Crippen LogP contribution in [-0.2, 0) is 19.6 Å². The molecule has 1 heterocycles. The number of hydrogen-bond acceptors (Lipinski definition) is 4. The number of nitrogens with two attached hydrogens (primary N) is 1. The Hall–Kier alpha value is -1.51. The predicted octanol–water partition coefficient (Wildman–Crippen LogP) is 0.837. The molecule has 1 aliphatic heterocycles. The number of ether oxygens (including phenoxy) is 1. The smallest absolute Gasteiger partial charge is 0.238 e. The number of amides is 1. The van der Waals surface area contributed by atoms with E-state index in [0.717, 1.165) is 12.1 Å². The Kier molecular flexibility index (Phi) is 4.07. The highest BCUT2D eigenvalue weighted by Gasteiger charge is 2.28. The zero-order valence-corrected chi connectivity index (χ0v) is 11.6. The van der Waals surface area contributed by atoms with E-state index in [4.69, 9.17) is 9.88 Å². The highest BCUT2D eigenvalue weighted by Crippen LogP contribution is 2.23. The summed E-state index contributed by atoms with van der Waals surface area (Å²) in [4.78, 5) is 11.6. The molecule has 1 saturated heterocycles. The van der Waals surface area contributed by atoms with Crippen molar-refractivity contribution in [2.75, 3.05) is 11.9 Å². The van der Waals surface area contributed by atoms with Gasteiger partial charge in [0.05, 0.1) is 29.2 Å². The van der Waals surface area contributed by atoms with Crippen LogP contribution in [0, 0.1) is 11.7 Å². The Morgan fingerprint density at radius 1 is 1.50 bits per heavy atom. The number of sulfonamides is 1. The van der Waals surface area contributed by atoms with Gasteiger partial charge in [0, 0.05) is 0 Å². The van der Waals surface area contributed by atoms with Crippen molar-refractivity contribution >= 4 is 21.6 Å². The summed E-state index contributed by atoms with van der Waals surface area (Å²) in [6, 6.07) is 3.09. The fourth-order valence-corrected chi connectivity index (χ4v) is 2.53. The summed E-state index contributed by atoms with van der Waals surface area (Å²) in [5.74, 6) is -1.53. The second kappa shape index (κ2) is 5.47. The SMILES string of the molecule is CC1CC(C(=O)Nc2ccc(S(N)(=O)=O)cc2F)CO1. The quantitative estimate of drug-likeness (QED) is 0.864. The van der Waals surface area contributed by atoms with Crippen molar-refractivity contribution in [2.24, 2.45) is 11.1 Å². The molecule has 0 aliphatic carbocycles. The summed E-state index contributed by atoms with van der Waals surface area (Å²) < 4.78 is 41.1. The molecule has 1 fully saturated rings. The van der Waals surface area contributed by atoms with Crippen LogP contribution in [0.4, 0.5) is 10.1 Å². The Labute approximate surface area is 116 Å². The molecule has 1 aromatic carbocycles. The monoisotopic (exact) mass is 302 g/mol. The van der Waals surface area contributed by atoms with Crippen LogP contribution in [-0.4, -0.2) is 27.0 Å². The lowest BCUT2D eigenvalue weighted by Crippen LogP contribution is -2.23. The summed E-state index contributed by atoms with van der Waals surface area (Å²) in [5, 5.41) is 7.32. The zero-order valence-electron chi connectivity index (χ0n) is 10.8. The van der Waals surface area contributed by atoms with Crippen LogP contribution in [0.2, 0.25) is 0 Å². The van der Waals surface area contributed by atoms with Crippen molar-refractivity contribution in [2.45, 2.75) is 24.3 Å². The molecule has 2 atom stereocenters. The average Bonchev–Trinajstić information content (AvgIpc) is 2.77. The highest BCUT2D eigenvalue weighted by molar-refractivity contribution is 7.89. The number of rotatable bonds is 3. The Balaban J connectivity index is 2.12. The fraction of sp³-hybridized carbons (Fsp3) is 0.417. The second-order valence-corrected chi connectivity index (χ2v) is 6.31. The largest absolute Gasteiger partial charge is 0.378 e. The number of halogens is 1. The lowest BCUT2D eigenvalue weighted by molar-refractivity contribution is -0.119. The van der Waals surface area contributed by atoms with E-state index >= 15 is 0 Å². The lowest BCUT2D eigenvalue weighted by atomic mass is 10.1. The van der Waals surface area contributed by atoms with Gasteiger partial charge in [-0.05, 0) is 31.5 Å². The van der Waals surface area contributed by atoms with Crippen molar-refractivity contribution in [3.63, 3.8) is 0 Å². The minimum atomic E-state index is -3.97. The molecule has 0 spiro atoms. The van der Waals surface area contributed by atoms with E-state index in [0.29, 0.717) is 13.0 Å². The summed E-state index contributed by atoms with van der Waals surface area (Å²) in [5.41, 5.74) is -0.0815. The maximum absolute atomic E-state index is 13.7. The van der Waals surface area contributed by atoms with Crippen molar-refractivity contribution in [3.05, 3.63) is 24.0 Å². The van der Waals surface area contributed by atoms with Crippen LogP contribution < -0.4 is 10.5 Å². The standard InChI is InChI=1S/C12H15FN2O4S/c1-7-4-8(6-19-7)12(16)15-11-3-2-9(5-10(11)13)20(14,17)18/h2-3,5,7-8H,4,6H2,1H3,(H,15,16)(H2,14,17,18). The van der Waals surface area contributed by atoms with Gasteiger partial charge in [0.1, 0.15) is 5.82 Å². The highest BCUT2D eigenvalue weighted by atomic mass is 32.2. The number of hydrogen-bond donors (Lipinski definition) is 2. The van der Waals surface area contributed by atoms with Crippen LogP contribution in [0.5, 0.6) is 0 Å². The number of benzene rings is 1. The first-order valence-corrected chi connectivity index (χ1v) is 7.57. The van der Waals surface area contributed by atoms with Gasteiger partial charge >= 0.3 is 0 Å². The molecule has 2 rings (SSSR count). The van der Waals surface area contributed by atoms with Gasteiger partial charge in [0.2, 0.25) is 15.9 Å². The molecule has 8 heteroatoms. The second-order valence-electron chi connectivity index (χ2n) is 4.75. The first kappa shape index (κ1) is 14.9. The molecule has 0 radical (unpaired) electrons. The Morgan fingerprint density at radius 2 is 2.20 bits per heavy atom. The molecule has 2 unspecified atom stereocenters. The molecule has 20 heavy (non-hydrogen) atoms. The van der Waals surface area contributed by atoms with E-state index in [-0.39, 0.29) is 28.5 Å². The van der Waals surface area contributed by atoms with Crippen LogP contribution in [0.25, 0.3) is 0 Å². The first-order chi connectivity index (χ1) is 9.27. The summed E-state index contributed by atoms with van der Waals surface area (Å²) in [6.45, 7) is 2.15. The topological polar surface area (TPSA) is 98.5 Å². The molecule has 0 aromatic heterocycles. The number of anilines is 1. The fourth-order valence-electron chi connectivity index (χ4n) is 2.01. The van der Waals surface area contributed by atoms with Crippen LogP contribution in [0.15, 0.2) is 23.1 Å². The molecule has 1 amide bonds. The van der Waals surface area contributed by atoms with Gasteiger partial charge in [0.15, 0.2) is 0 Å². The van der Waals surface area contributed by atoms with Gasteiger partial charge in [-0.1, -0.05) is 0 Å². The van der Waals surface area contributed by atoms with E-state index in [1.165, 1.54) is 6.07 Å². The van der Waals surface area contributed by atoms with Gasteiger partial charge in [-0.2, -0.15) is 0 Å². The van der Waals surface area contributed by atoms with Crippen LogP contribution >= 0.6 is 0 Å². The van der Waals surface area contributed by atoms with Gasteiger partial charge in [-0.15, -0.1) is 0 Å². The summed E-state index contributed by atoms with van der Waals surface area (Å²) in [6.07, 6.45) is 0.572. The number of nitrogens with one attached hydrogen (secondary N) is 1. The maximum Gasteiger partial charge on any atom is 0.238 e. The Morgan fingerprint density at radius 3 is 2.70 bits per heavy atom. The number of primary sulfonamides is 1. The lowest BCUT2D eigenvalue weighted by Gasteiger charge is -2.10. The third kappa shape index (κ3) is 3.33. The first-order valence-electron chi connectivity index (χ1n) is 6.02. The van der Waals surface area contributed by atoms with Gasteiger partial charge in [-0.3, -0.25) is 4.79 Å². The van der Waals surface area contributed by atoms with Crippen LogP contribution in [0.3, 0.4) is 0 Å². The van der Waals surface area contributed by atoms with Crippen molar-refractivity contribution in [3.8, 4) is 0 Å². The molecule has 3 N–H and O–H groups in total. The Bertz CT molecular complexity index is 632. The van der Waals surface area contributed by atoms with Gasteiger partial charge in [0.25, 0.3) is 0 Å². The van der Waals surface area contributed by atoms with E-state index in [9.17, 15) is 17.6 Å². The minimum absolute atomic E-state index is 0.000330. The normalized spacial score (nSPS) is 22.8. The van der Waals surface area contributed by atoms with Crippen LogP contribution in [0.1, 0.15) is 13.3 Å². The van der Waals surface area contributed by atoms with Crippen molar-refractivity contribution < 1.29 is 22.3 Å². The minimum Gasteiger partial charge on any atom is -0.378 e. The predicted molar refractivity (Wildman–Crippen MR) is 69.9 cm³/mol. The van der Waals surface area contributed by atoms with Crippen molar-refractivity contribution in [1.82, 2.24) is 0 Å². The summed E-state index contributed by atoms with van der Waals surface area (Å²) >= 11 is 0. The van der Waals surface area contributed by atoms with E-state index in [1.807, 2.05) is 6.92 Å². The number of carbonyl (C=O) groups excluding carboxylic acids is 1. The van der Waals surface area contributed by atoms with E-state index in [1.54, 1.807) is 0 Å². The molecule has 110 valence electrons. The summed E-state index contributed by atoms with van der Waals surface area (Å²) in [7, 11) is -3.97. The zero-order chi connectivity index (χ0) is 14.9. The van der Waals surface area contributed by atoms with E-state index < -0.39 is 15.8 Å². The molecule has 0 saturated carbocycles. The molecule has 0 bridgehead atoms. The molecule has 1 aromatic rings. The third-order valence-corrected chi connectivity index (χ3v) is 4.01. The maximum atomic E-state index is 13.7. The van der Waals surface area contributed by atoms with Crippen molar-refractivity contribution in [1.29, 1.82) is 0 Å². The molecule has 6 nitrogen and oxygen atoms in total. The van der Waals surface area contributed by atoms with Gasteiger partial charge < -0.3 is 10.1 Å². The van der Waals surface area contributed by atoms with Gasteiger partial charge in [-0.25, -0.2) is 17.9 Å². The van der Waals surface area contributed by atoms with E-state index in [2.05, 4.69) is 5.32 Å². The average molecular weight is 302 g/mol. The molecule has 1 aliphatic rings. The molecular formula is C12H15FN2O4S. The molecular weight excluding hydrogens is 287 g/mol. The third-order valence-electron chi connectivity index (χ3n) is 3.10. The number of carbonyl (C=O) groups is 1.